The topological polar surface area (TPSA) is 168 Å². The van der Waals surface area contributed by atoms with Gasteiger partial charge in [-0.25, -0.2) is 9.59 Å². The molecule has 12 nitrogen and oxygen atoms in total. The Balaban J connectivity index is 2.12. The molecule has 1 aromatic heterocycles. The molecule has 2 amide bonds. The number of likely N-dealkylation sites (N-methyl/N-ethyl adjacent to an activating group) is 1. The number of hydrogen-bond donors (Lipinski definition) is 5. The first-order chi connectivity index (χ1) is 13.9. The molecule has 0 aromatic carbocycles. The van der Waals surface area contributed by atoms with Gasteiger partial charge < -0.3 is 30.9 Å². The largest absolute Gasteiger partial charge is 0.481 e. The number of carbonyl (C=O) groups is 3. The lowest BCUT2D eigenvalue weighted by molar-refractivity contribution is -0.140. The monoisotopic (exact) mass is 413 g/mol. The van der Waals surface area contributed by atoms with E-state index in [0.717, 1.165) is 25.1 Å². The molecule has 5 N–H and O–H groups in total. The maximum Gasteiger partial charge on any atom is 0.326 e. The lowest BCUT2D eigenvalue weighted by Gasteiger charge is -2.14. The minimum Gasteiger partial charge on any atom is -0.481 e. The molecular formula is C17H29N6O6. The number of aliphatic carboxylic acids is 2. The minimum atomic E-state index is -1.28. The van der Waals surface area contributed by atoms with Crippen molar-refractivity contribution in [2.24, 2.45) is 0 Å². The average molecular weight is 413 g/mol. The second kappa shape index (κ2) is 14.3. The highest BCUT2D eigenvalue weighted by Gasteiger charge is 2.20. The highest BCUT2D eigenvalue weighted by atomic mass is 16.5. The second-order valence-corrected chi connectivity index (χ2v) is 6.27. The van der Waals surface area contributed by atoms with Crippen molar-refractivity contribution in [3.8, 4) is 0 Å². The van der Waals surface area contributed by atoms with Gasteiger partial charge in [-0.1, -0.05) is 5.21 Å². The van der Waals surface area contributed by atoms with Crippen LogP contribution >= 0.6 is 0 Å². The Morgan fingerprint density at radius 2 is 2.10 bits per heavy atom. The third kappa shape index (κ3) is 11.7. The number of urea groups is 1. The van der Waals surface area contributed by atoms with Gasteiger partial charge in [-0.2, -0.15) is 0 Å². The molecule has 0 aliphatic carbocycles. The van der Waals surface area contributed by atoms with E-state index in [1.54, 1.807) is 4.68 Å². The van der Waals surface area contributed by atoms with E-state index >= 15 is 0 Å². The van der Waals surface area contributed by atoms with E-state index in [-0.39, 0.29) is 12.8 Å². The van der Waals surface area contributed by atoms with Gasteiger partial charge in [-0.3, -0.25) is 9.48 Å². The Bertz CT molecular complexity index is 638. The van der Waals surface area contributed by atoms with E-state index < -0.39 is 24.0 Å². The van der Waals surface area contributed by atoms with E-state index in [9.17, 15) is 14.4 Å². The van der Waals surface area contributed by atoms with Crippen LogP contribution in [-0.4, -0.2) is 69.4 Å². The number of ether oxygens (including phenoxy) is 1. The number of aryl methyl sites for hydroxylation is 1. The van der Waals surface area contributed by atoms with Crippen LogP contribution in [0.4, 0.5) is 4.79 Å². The molecule has 0 spiro atoms. The average Bonchev–Trinajstić information content (AvgIpc) is 3.12. The van der Waals surface area contributed by atoms with Crippen LogP contribution in [0.1, 0.15) is 37.8 Å². The Morgan fingerprint density at radius 1 is 1.31 bits per heavy atom. The molecule has 1 atom stereocenters. The van der Waals surface area contributed by atoms with Crippen molar-refractivity contribution in [3.63, 3.8) is 0 Å². The van der Waals surface area contributed by atoms with Crippen LogP contribution < -0.4 is 16.0 Å². The Morgan fingerprint density at radius 3 is 2.79 bits per heavy atom. The molecule has 1 rings (SSSR count). The summed E-state index contributed by atoms with van der Waals surface area (Å²) < 4.78 is 7.16. The van der Waals surface area contributed by atoms with Crippen LogP contribution in [0, 0.1) is 6.54 Å². The van der Waals surface area contributed by atoms with E-state index in [4.69, 9.17) is 14.9 Å². The van der Waals surface area contributed by atoms with Crippen molar-refractivity contribution in [2.45, 2.75) is 51.3 Å². The van der Waals surface area contributed by atoms with E-state index in [1.165, 1.54) is 6.54 Å². The number of unbranched alkanes of at least 4 members (excludes halogenated alkanes) is 2. The molecule has 0 bridgehead atoms. The lowest BCUT2D eigenvalue weighted by Crippen LogP contribution is -2.45. The van der Waals surface area contributed by atoms with Crippen LogP contribution in [0.3, 0.4) is 0 Å². The van der Waals surface area contributed by atoms with Gasteiger partial charge in [0.25, 0.3) is 0 Å². The van der Waals surface area contributed by atoms with Crippen LogP contribution in [0.25, 0.3) is 0 Å². The number of carboxylic acid groups (broad SMARTS) is 2. The van der Waals surface area contributed by atoms with E-state index in [1.807, 2.05) is 13.2 Å². The second-order valence-electron chi connectivity index (χ2n) is 6.27. The Kier molecular flexibility index (Phi) is 12.0. The lowest BCUT2D eigenvalue weighted by atomic mass is 10.1. The summed E-state index contributed by atoms with van der Waals surface area (Å²) in [4.78, 5) is 33.2. The molecule has 0 saturated heterocycles. The zero-order valence-electron chi connectivity index (χ0n) is 16.5. The van der Waals surface area contributed by atoms with Gasteiger partial charge >= 0.3 is 18.0 Å². The summed E-state index contributed by atoms with van der Waals surface area (Å²) in [5.74, 6) is -2.40. The van der Waals surface area contributed by atoms with E-state index in [0.29, 0.717) is 26.2 Å². The molecule has 0 aliphatic heterocycles. The predicted octanol–water partition coefficient (Wildman–Crippen LogP) is -0.0366. The summed E-state index contributed by atoms with van der Waals surface area (Å²) in [6, 6.07) is -1.93. The maximum absolute atomic E-state index is 11.7. The highest BCUT2D eigenvalue weighted by molar-refractivity contribution is 5.83. The van der Waals surface area contributed by atoms with Crippen LogP contribution in [0.5, 0.6) is 0 Å². The van der Waals surface area contributed by atoms with E-state index in [2.05, 4.69) is 26.3 Å². The fourth-order valence-corrected chi connectivity index (χ4v) is 2.28. The molecule has 1 radical (unpaired) electrons. The van der Waals surface area contributed by atoms with Gasteiger partial charge in [0.15, 0.2) is 0 Å². The minimum absolute atomic E-state index is 0.182. The third-order valence-corrected chi connectivity index (χ3v) is 3.80. The number of hydrogen-bond acceptors (Lipinski definition) is 7. The third-order valence-electron chi connectivity index (χ3n) is 3.80. The number of aromatic nitrogens is 3. The number of carboxylic acids is 2. The van der Waals surface area contributed by atoms with Gasteiger partial charge in [0.1, 0.15) is 11.7 Å². The van der Waals surface area contributed by atoms with Crippen LogP contribution in [-0.2, 0) is 27.5 Å². The predicted molar refractivity (Wildman–Crippen MR) is 102 cm³/mol. The van der Waals surface area contributed by atoms with Gasteiger partial charge in [0, 0.05) is 19.5 Å². The standard InChI is InChI=1S/C17H29N6O6/c1-18-8-10-29-12-13-11-23(22-21-13)9-4-2-3-7-19-17(28)20-14(16(26)27)5-6-15(24)25/h7,11,14,18H,2-6,8-10,12H2,1H3,(H,24,25)(H,26,27)(H2,19,20,28)/t14-/m0/s1. The first kappa shape index (κ1) is 24.3. The van der Waals surface area contributed by atoms with Crippen molar-refractivity contribution >= 4 is 18.0 Å². The molecule has 0 saturated carbocycles. The molecule has 1 heterocycles. The van der Waals surface area contributed by atoms with Crippen LogP contribution in [0.2, 0.25) is 0 Å². The summed E-state index contributed by atoms with van der Waals surface area (Å²) in [6.07, 6.45) is 3.51. The van der Waals surface area contributed by atoms with Crippen molar-refractivity contribution in [3.05, 3.63) is 18.4 Å². The summed E-state index contributed by atoms with van der Waals surface area (Å²) in [7, 11) is 1.86. The first-order valence-corrected chi connectivity index (χ1v) is 9.37. The van der Waals surface area contributed by atoms with Crippen LogP contribution in [0.15, 0.2) is 6.20 Å². The first-order valence-electron chi connectivity index (χ1n) is 9.37. The summed E-state index contributed by atoms with van der Waals surface area (Å²) >= 11 is 0. The zero-order chi connectivity index (χ0) is 21.5. The fourth-order valence-electron chi connectivity index (χ4n) is 2.28. The molecule has 0 fully saturated rings. The highest BCUT2D eigenvalue weighted by Crippen LogP contribution is 2.02. The van der Waals surface area contributed by atoms with Crippen molar-refractivity contribution < 1.29 is 29.3 Å². The Labute approximate surface area is 169 Å². The summed E-state index contributed by atoms with van der Waals surface area (Å²) in [5, 5.41) is 33.3. The number of nitrogens with zero attached hydrogens (tertiary/aromatic N) is 3. The molecular weight excluding hydrogens is 384 g/mol. The zero-order valence-corrected chi connectivity index (χ0v) is 16.5. The fraction of sp³-hybridized carbons (Fsp3) is 0.647. The van der Waals surface area contributed by atoms with Gasteiger partial charge in [-0.15, -0.1) is 5.10 Å². The van der Waals surface area contributed by atoms with Gasteiger partial charge in [-0.05, 0) is 32.7 Å². The van der Waals surface area contributed by atoms with Gasteiger partial charge in [0.2, 0.25) is 0 Å². The van der Waals surface area contributed by atoms with Gasteiger partial charge in [0.05, 0.1) is 26.0 Å². The quantitative estimate of drug-likeness (QED) is 0.234. The molecule has 0 unspecified atom stereocenters. The molecule has 0 aliphatic rings. The SMILES string of the molecule is CNCCOCc1cn(CCCC[CH]NC(=O)N[C@@H](CCC(=O)O)C(=O)O)nn1. The summed E-state index contributed by atoms with van der Waals surface area (Å²) in [6.45, 7) is 4.01. The Hall–Kier alpha value is -2.73. The number of carbonyl (C=O) groups excluding carboxylic acids is 1. The summed E-state index contributed by atoms with van der Waals surface area (Å²) in [5.41, 5.74) is 0.766. The molecule has 12 heteroatoms. The number of amides is 2. The smallest absolute Gasteiger partial charge is 0.326 e. The normalized spacial score (nSPS) is 11.8. The van der Waals surface area contributed by atoms with Crippen molar-refractivity contribution in [2.75, 3.05) is 20.2 Å². The molecule has 163 valence electrons. The van der Waals surface area contributed by atoms with Crippen molar-refractivity contribution in [1.29, 1.82) is 0 Å². The molecule has 29 heavy (non-hydrogen) atoms. The molecule has 1 aromatic rings. The number of rotatable bonds is 16. The van der Waals surface area contributed by atoms with Crippen molar-refractivity contribution in [1.82, 2.24) is 30.9 Å². The maximum atomic E-state index is 11.7. The number of nitrogens with one attached hydrogen (secondary N) is 3.